The zero-order chi connectivity index (χ0) is 18.5. The molecule has 0 aromatic heterocycles. The minimum Gasteiger partial charge on any atom is -0.368 e. The Morgan fingerprint density at radius 1 is 1.00 bits per heavy atom. The number of nitrogens with zero attached hydrogens (tertiary/aromatic N) is 2. The highest BCUT2D eigenvalue weighted by atomic mass is 16.2. The Morgan fingerprint density at radius 3 is 2.31 bits per heavy atom. The number of piperazine rings is 1. The lowest BCUT2D eigenvalue weighted by Crippen LogP contribution is -2.50. The summed E-state index contributed by atoms with van der Waals surface area (Å²) in [6.45, 7) is 6.51. The number of Topliss-reactive ketones (excluding diaryl/α,β-unsaturated/α-hetero) is 1. The second kappa shape index (κ2) is 8.04. The molecule has 1 saturated heterocycles. The molecule has 2 aromatic rings. The number of hydrogen-bond acceptors (Lipinski definition) is 3. The molecule has 5 heteroatoms. The van der Waals surface area contributed by atoms with Crippen molar-refractivity contribution in [1.29, 1.82) is 0 Å². The molecule has 136 valence electrons. The van der Waals surface area contributed by atoms with Gasteiger partial charge in [-0.25, -0.2) is 4.79 Å². The largest absolute Gasteiger partial charge is 0.368 e. The molecule has 1 fully saturated rings. The minimum atomic E-state index is -0.0635. The fourth-order valence-electron chi connectivity index (χ4n) is 3.12. The van der Waals surface area contributed by atoms with Crippen LogP contribution in [0.25, 0.3) is 0 Å². The second-order valence-electron chi connectivity index (χ2n) is 6.56. The van der Waals surface area contributed by atoms with Crippen LogP contribution in [0.4, 0.5) is 16.2 Å². The van der Waals surface area contributed by atoms with Crippen LogP contribution in [-0.2, 0) is 6.42 Å². The lowest BCUT2D eigenvalue weighted by Gasteiger charge is -2.36. The van der Waals surface area contributed by atoms with Crippen molar-refractivity contribution >= 4 is 23.2 Å². The van der Waals surface area contributed by atoms with Gasteiger partial charge in [0.25, 0.3) is 0 Å². The summed E-state index contributed by atoms with van der Waals surface area (Å²) in [5, 5.41) is 2.97. The van der Waals surface area contributed by atoms with Crippen LogP contribution in [0, 0.1) is 0 Å². The van der Waals surface area contributed by atoms with Crippen molar-refractivity contribution in [3.05, 3.63) is 59.7 Å². The van der Waals surface area contributed by atoms with Crippen molar-refractivity contribution in [2.75, 3.05) is 36.4 Å². The fraction of sp³-hybridized carbons (Fsp3) is 0.333. The third-order valence-electron chi connectivity index (χ3n) is 4.80. The summed E-state index contributed by atoms with van der Waals surface area (Å²) in [6.07, 6.45) is 0.987. The molecule has 0 atom stereocenters. The van der Waals surface area contributed by atoms with Crippen LogP contribution in [0.5, 0.6) is 0 Å². The maximum Gasteiger partial charge on any atom is 0.321 e. The highest BCUT2D eigenvalue weighted by Gasteiger charge is 2.21. The number of nitrogens with one attached hydrogen (secondary N) is 1. The summed E-state index contributed by atoms with van der Waals surface area (Å²) >= 11 is 0. The number of ketones is 1. The van der Waals surface area contributed by atoms with E-state index in [2.05, 4.69) is 17.1 Å². The Balaban J connectivity index is 1.56. The Hall–Kier alpha value is -2.82. The molecule has 1 aliphatic rings. The molecule has 1 heterocycles. The number of anilines is 2. The normalized spacial score (nSPS) is 14.2. The van der Waals surface area contributed by atoms with Crippen molar-refractivity contribution in [1.82, 2.24) is 4.90 Å². The van der Waals surface area contributed by atoms with Crippen LogP contribution in [-0.4, -0.2) is 42.9 Å². The summed E-state index contributed by atoms with van der Waals surface area (Å²) in [6, 6.07) is 15.6. The van der Waals surface area contributed by atoms with Gasteiger partial charge in [0.2, 0.25) is 0 Å². The molecule has 0 radical (unpaired) electrons. The first-order chi connectivity index (χ1) is 12.6. The lowest BCUT2D eigenvalue weighted by molar-refractivity contribution is 0.101. The molecule has 2 amide bonds. The van der Waals surface area contributed by atoms with E-state index >= 15 is 0 Å². The summed E-state index contributed by atoms with van der Waals surface area (Å²) < 4.78 is 0. The van der Waals surface area contributed by atoms with Gasteiger partial charge in [-0.05, 0) is 43.2 Å². The number of amides is 2. The summed E-state index contributed by atoms with van der Waals surface area (Å²) in [7, 11) is 0. The third kappa shape index (κ3) is 4.23. The number of benzene rings is 2. The number of urea groups is 1. The van der Waals surface area contributed by atoms with E-state index in [9.17, 15) is 9.59 Å². The van der Waals surface area contributed by atoms with E-state index in [0.29, 0.717) is 13.1 Å². The minimum absolute atomic E-state index is 0.0635. The maximum absolute atomic E-state index is 12.5. The van der Waals surface area contributed by atoms with Gasteiger partial charge in [0, 0.05) is 43.1 Å². The van der Waals surface area contributed by atoms with E-state index in [0.717, 1.165) is 36.4 Å². The van der Waals surface area contributed by atoms with E-state index in [4.69, 9.17) is 0 Å². The molecule has 1 N–H and O–H groups in total. The Morgan fingerprint density at radius 2 is 1.69 bits per heavy atom. The van der Waals surface area contributed by atoms with E-state index in [1.54, 1.807) is 6.92 Å². The molecule has 0 bridgehead atoms. The van der Waals surface area contributed by atoms with Crippen molar-refractivity contribution in [2.45, 2.75) is 20.3 Å². The maximum atomic E-state index is 12.5. The zero-order valence-corrected chi connectivity index (χ0v) is 15.4. The average Bonchev–Trinajstić information content (AvgIpc) is 2.68. The molecule has 3 rings (SSSR count). The number of aryl methyl sites for hydroxylation is 1. The van der Waals surface area contributed by atoms with E-state index in [1.807, 2.05) is 53.4 Å². The Bertz CT molecular complexity index is 778. The highest BCUT2D eigenvalue weighted by molar-refractivity contribution is 5.95. The summed E-state index contributed by atoms with van der Waals surface area (Å²) in [4.78, 5) is 28.1. The van der Waals surface area contributed by atoms with Gasteiger partial charge in [0.05, 0.1) is 0 Å². The first-order valence-electron chi connectivity index (χ1n) is 9.07. The van der Waals surface area contributed by atoms with Crippen molar-refractivity contribution in [3.63, 3.8) is 0 Å². The number of carbonyl (C=O) groups excluding carboxylic acids is 2. The van der Waals surface area contributed by atoms with Crippen molar-refractivity contribution in [3.8, 4) is 0 Å². The molecule has 0 aliphatic carbocycles. The average molecular weight is 351 g/mol. The Kier molecular flexibility index (Phi) is 5.56. The Labute approximate surface area is 154 Å². The molecule has 1 aliphatic heterocycles. The molecule has 0 unspecified atom stereocenters. The molecule has 5 nitrogen and oxygen atoms in total. The number of rotatable bonds is 4. The predicted octanol–water partition coefficient (Wildman–Crippen LogP) is 3.81. The first kappa shape index (κ1) is 18.0. The molecular weight excluding hydrogens is 326 g/mol. The van der Waals surface area contributed by atoms with Gasteiger partial charge in [-0.1, -0.05) is 31.2 Å². The van der Waals surface area contributed by atoms with E-state index in [1.165, 1.54) is 5.56 Å². The fourth-order valence-corrected chi connectivity index (χ4v) is 3.12. The first-order valence-corrected chi connectivity index (χ1v) is 9.07. The van der Waals surface area contributed by atoms with Gasteiger partial charge in [0.15, 0.2) is 5.78 Å². The van der Waals surface area contributed by atoms with Crippen LogP contribution < -0.4 is 10.2 Å². The number of hydrogen-bond donors (Lipinski definition) is 1. The van der Waals surface area contributed by atoms with Crippen LogP contribution in [0.3, 0.4) is 0 Å². The van der Waals surface area contributed by atoms with Gasteiger partial charge in [-0.3, -0.25) is 4.79 Å². The van der Waals surface area contributed by atoms with Crippen LogP contribution in [0.2, 0.25) is 0 Å². The van der Waals surface area contributed by atoms with Crippen LogP contribution in [0.15, 0.2) is 48.5 Å². The summed E-state index contributed by atoms with van der Waals surface area (Å²) in [5.74, 6) is 0.0685. The quantitative estimate of drug-likeness (QED) is 0.853. The summed E-state index contributed by atoms with van der Waals surface area (Å²) in [5.41, 5.74) is 3.83. The second-order valence-corrected chi connectivity index (χ2v) is 6.56. The van der Waals surface area contributed by atoms with Gasteiger partial charge in [0.1, 0.15) is 0 Å². The molecule has 26 heavy (non-hydrogen) atoms. The van der Waals surface area contributed by atoms with Crippen LogP contribution >= 0.6 is 0 Å². The monoisotopic (exact) mass is 351 g/mol. The van der Waals surface area contributed by atoms with E-state index in [-0.39, 0.29) is 11.8 Å². The SMILES string of the molecule is CCc1ccc(NC(=O)N2CCN(c3cccc(C(C)=O)c3)CC2)cc1. The van der Waals surface area contributed by atoms with Gasteiger partial charge in [-0.2, -0.15) is 0 Å². The van der Waals surface area contributed by atoms with Crippen molar-refractivity contribution < 1.29 is 9.59 Å². The lowest BCUT2D eigenvalue weighted by atomic mass is 10.1. The zero-order valence-electron chi connectivity index (χ0n) is 15.4. The smallest absolute Gasteiger partial charge is 0.321 e. The van der Waals surface area contributed by atoms with Crippen molar-refractivity contribution in [2.24, 2.45) is 0 Å². The standard InChI is InChI=1S/C21H25N3O2/c1-3-17-7-9-19(10-8-17)22-21(26)24-13-11-23(12-14-24)20-6-4-5-18(15-20)16(2)25/h4-10,15H,3,11-14H2,1-2H3,(H,22,26). The predicted molar refractivity (Wildman–Crippen MR) is 105 cm³/mol. The molecular formula is C21H25N3O2. The van der Waals surface area contributed by atoms with Gasteiger partial charge >= 0.3 is 6.03 Å². The topological polar surface area (TPSA) is 52.7 Å². The molecule has 0 spiro atoms. The molecule has 0 saturated carbocycles. The molecule has 2 aromatic carbocycles. The van der Waals surface area contributed by atoms with Crippen LogP contribution in [0.1, 0.15) is 29.8 Å². The number of carbonyl (C=O) groups is 2. The van der Waals surface area contributed by atoms with Gasteiger partial charge < -0.3 is 15.1 Å². The van der Waals surface area contributed by atoms with E-state index < -0.39 is 0 Å². The van der Waals surface area contributed by atoms with Gasteiger partial charge in [-0.15, -0.1) is 0 Å². The third-order valence-corrected chi connectivity index (χ3v) is 4.80. The highest BCUT2D eigenvalue weighted by Crippen LogP contribution is 2.19.